The molecule has 0 aliphatic heterocycles. The van der Waals surface area contributed by atoms with E-state index >= 15 is 0 Å². The van der Waals surface area contributed by atoms with Gasteiger partial charge in [-0.3, -0.25) is 9.11 Å². The fraction of sp³-hybridized carbons (Fsp3) is 0. The highest BCUT2D eigenvalue weighted by Crippen LogP contribution is 2.47. The average molecular weight is 350 g/mol. The van der Waals surface area contributed by atoms with Gasteiger partial charge in [0.05, 0.1) is 0 Å². The van der Waals surface area contributed by atoms with Crippen molar-refractivity contribution in [1.29, 1.82) is 0 Å². The summed E-state index contributed by atoms with van der Waals surface area (Å²) in [5.41, 5.74) is 0. The Kier molecular flexibility index (Phi) is 3.90. The van der Waals surface area contributed by atoms with Crippen molar-refractivity contribution in [3.05, 3.63) is 0 Å². The molecule has 0 fully saturated rings. The molecule has 0 aromatic heterocycles. The van der Waals surface area contributed by atoms with Crippen molar-refractivity contribution < 1.29 is 49.7 Å². The van der Waals surface area contributed by atoms with Gasteiger partial charge in [-0.25, -0.2) is 8.42 Å². The lowest BCUT2D eigenvalue weighted by Crippen LogP contribution is -2.07. The van der Waals surface area contributed by atoms with Crippen molar-refractivity contribution in [2.75, 3.05) is 0 Å². The zero-order valence-electron chi connectivity index (χ0n) is 8.95. The molecule has 0 atom stereocenters. The van der Waals surface area contributed by atoms with Gasteiger partial charge in [0.25, 0.3) is 0 Å². The van der Waals surface area contributed by atoms with Crippen molar-refractivity contribution in [3.63, 3.8) is 0 Å². The molecule has 0 aliphatic rings. The van der Waals surface area contributed by atoms with E-state index in [0.29, 0.717) is 0 Å². The molecular formula is C6H6O11S3. The monoisotopic (exact) mass is 350 g/mol. The molecule has 1 aromatic rings. The first kappa shape index (κ1) is 16.4. The first-order valence-electron chi connectivity index (χ1n) is 4.20. The molecule has 0 heterocycles. The van der Waals surface area contributed by atoms with Gasteiger partial charge < -0.3 is 15.3 Å². The number of benzene rings is 1. The second-order valence-corrected chi connectivity index (χ2v) is 6.94. The molecular weight excluding hydrogens is 344 g/mol. The van der Waals surface area contributed by atoms with Crippen LogP contribution in [-0.2, 0) is 30.9 Å². The topological polar surface area (TPSA) is 204 Å². The predicted octanol–water partition coefficient (Wildman–Crippen LogP) is -1.73. The van der Waals surface area contributed by atoms with E-state index in [1.54, 1.807) is 0 Å². The molecule has 1 rings (SSSR count). The minimum absolute atomic E-state index is 1.61. The van der Waals surface area contributed by atoms with E-state index in [1.165, 1.54) is 0 Å². The number of hydrogen-bond acceptors (Lipinski definition) is 9. The Morgan fingerprint density at radius 3 is 1.20 bits per heavy atom. The van der Waals surface area contributed by atoms with Gasteiger partial charge >= 0.3 is 20.2 Å². The molecule has 14 heteroatoms. The van der Waals surface area contributed by atoms with E-state index in [4.69, 9.17) is 9.11 Å². The first-order valence-corrected chi connectivity index (χ1v) is 8.26. The van der Waals surface area contributed by atoms with Gasteiger partial charge in [0.2, 0.25) is 0 Å². The Morgan fingerprint density at radius 1 is 0.700 bits per heavy atom. The van der Waals surface area contributed by atoms with Crippen LogP contribution in [0.5, 0.6) is 17.2 Å². The maximum absolute atomic E-state index is 10.9. The highest BCUT2D eigenvalue weighted by molar-refractivity contribution is 7.87. The largest absolute Gasteiger partial charge is 0.505 e. The summed E-state index contributed by atoms with van der Waals surface area (Å²) in [6.07, 6.45) is 0. The van der Waals surface area contributed by atoms with Crippen molar-refractivity contribution >= 4 is 30.9 Å². The Bertz CT molecular complexity index is 791. The van der Waals surface area contributed by atoms with Crippen molar-refractivity contribution in [2.24, 2.45) is 0 Å². The van der Waals surface area contributed by atoms with Crippen LogP contribution in [0.15, 0.2) is 14.7 Å². The van der Waals surface area contributed by atoms with Crippen LogP contribution in [0.25, 0.3) is 0 Å². The van der Waals surface area contributed by atoms with Gasteiger partial charge in [-0.05, 0) is 0 Å². The molecule has 0 saturated carbocycles. The van der Waals surface area contributed by atoms with Crippen molar-refractivity contribution in [1.82, 2.24) is 0 Å². The molecule has 11 nitrogen and oxygen atoms in total. The van der Waals surface area contributed by atoms with Crippen LogP contribution in [0, 0.1) is 0 Å². The van der Waals surface area contributed by atoms with Gasteiger partial charge in [-0.15, -0.1) is 0 Å². The van der Waals surface area contributed by atoms with Crippen LogP contribution in [0.3, 0.4) is 0 Å². The lowest BCUT2D eigenvalue weighted by Gasteiger charge is -2.12. The molecule has 0 amide bonds. The molecule has 0 aliphatic carbocycles. The highest BCUT2D eigenvalue weighted by atomic mass is 32.2. The Morgan fingerprint density at radius 2 is 1.00 bits per heavy atom. The summed E-state index contributed by atoms with van der Waals surface area (Å²) in [7, 11) is -14.9. The quantitative estimate of drug-likeness (QED) is 0.267. The smallest absolute Gasteiger partial charge is 0.302 e. The normalized spacial score (nSPS) is 12.8. The Labute approximate surface area is 113 Å². The van der Waals surface area contributed by atoms with E-state index in [-0.39, 0.29) is 0 Å². The Balaban J connectivity index is 4.28. The maximum Gasteiger partial charge on any atom is 0.302 e. The van der Waals surface area contributed by atoms with Gasteiger partial charge in [0.15, 0.2) is 42.6 Å². The fourth-order valence-electron chi connectivity index (χ4n) is 1.32. The molecule has 0 radical (unpaired) electrons. The first-order chi connectivity index (χ1) is 8.80. The van der Waals surface area contributed by atoms with Gasteiger partial charge in [0.1, 0.15) is 0 Å². The van der Waals surface area contributed by atoms with Crippen LogP contribution in [0.2, 0.25) is 0 Å². The lowest BCUT2D eigenvalue weighted by molar-refractivity contribution is 0.361. The SMILES string of the molecule is O=[SH](=O)c1c(O)c(S(=O)(=O)O)c(O)c(S(=O)(=O)O)c1O. The van der Waals surface area contributed by atoms with Crippen LogP contribution < -0.4 is 0 Å². The van der Waals surface area contributed by atoms with E-state index in [2.05, 4.69) is 0 Å². The number of thiol groups is 1. The zero-order valence-corrected chi connectivity index (χ0v) is 11.5. The fourth-order valence-corrected chi connectivity index (χ4v) is 3.49. The second kappa shape index (κ2) is 4.74. The summed E-state index contributed by atoms with van der Waals surface area (Å²) in [6, 6.07) is 0. The lowest BCUT2D eigenvalue weighted by atomic mass is 10.3. The molecule has 0 spiro atoms. The minimum Gasteiger partial charge on any atom is -0.505 e. The summed E-state index contributed by atoms with van der Waals surface area (Å²) >= 11 is 0. The maximum atomic E-state index is 10.9. The number of hydrogen-bond donors (Lipinski definition) is 6. The van der Waals surface area contributed by atoms with Crippen LogP contribution in [0.1, 0.15) is 0 Å². The zero-order chi connectivity index (χ0) is 16.0. The van der Waals surface area contributed by atoms with E-state index in [0.717, 1.165) is 0 Å². The average Bonchev–Trinajstić information content (AvgIpc) is 2.09. The van der Waals surface area contributed by atoms with Crippen LogP contribution in [-0.4, -0.2) is 49.7 Å². The van der Waals surface area contributed by atoms with E-state index in [9.17, 15) is 40.6 Å². The molecule has 1 aromatic carbocycles. The van der Waals surface area contributed by atoms with Crippen molar-refractivity contribution in [3.8, 4) is 17.2 Å². The van der Waals surface area contributed by atoms with E-state index in [1.807, 2.05) is 0 Å². The van der Waals surface area contributed by atoms with E-state index < -0.39 is 62.9 Å². The van der Waals surface area contributed by atoms with Crippen LogP contribution in [0.4, 0.5) is 0 Å². The Hall–Kier alpha value is -1.61. The van der Waals surface area contributed by atoms with Gasteiger partial charge in [0, 0.05) is 0 Å². The molecule has 5 N–H and O–H groups in total. The number of phenolic OH excluding ortho intramolecular Hbond substituents is 3. The third-order valence-corrected chi connectivity index (χ3v) is 4.60. The third kappa shape index (κ3) is 2.63. The molecule has 0 bridgehead atoms. The summed E-state index contributed by atoms with van der Waals surface area (Å²) in [5.74, 6) is -5.54. The number of phenols is 3. The highest BCUT2D eigenvalue weighted by Gasteiger charge is 2.36. The van der Waals surface area contributed by atoms with Gasteiger partial charge in [-0.1, -0.05) is 0 Å². The van der Waals surface area contributed by atoms with Crippen LogP contribution >= 0.6 is 0 Å². The summed E-state index contributed by atoms with van der Waals surface area (Å²) < 4.78 is 82.7. The minimum atomic E-state index is -5.47. The molecule has 20 heavy (non-hydrogen) atoms. The van der Waals surface area contributed by atoms with Crippen molar-refractivity contribution in [2.45, 2.75) is 14.7 Å². The molecule has 0 saturated heterocycles. The number of rotatable bonds is 3. The summed E-state index contributed by atoms with van der Waals surface area (Å²) in [4.78, 5) is -5.40. The number of aromatic hydroxyl groups is 3. The second-order valence-electron chi connectivity index (χ2n) is 3.26. The summed E-state index contributed by atoms with van der Waals surface area (Å²) in [5, 5.41) is 28.0. The molecule has 0 unspecified atom stereocenters. The van der Waals surface area contributed by atoms with Gasteiger partial charge in [-0.2, -0.15) is 16.8 Å². The standard InChI is InChI=1S/C6H6O11S3/c7-1-4(18(10)11)2(8)6(20(15,16)17)3(9)5(1)19(12,13)14/h7-9,18H,(H,12,13,14)(H,15,16,17). The molecule has 114 valence electrons. The third-order valence-electron chi connectivity index (χ3n) is 2.01. The predicted molar refractivity (Wildman–Crippen MR) is 59.6 cm³/mol. The summed E-state index contributed by atoms with van der Waals surface area (Å²) in [6.45, 7) is 0.